The lowest BCUT2D eigenvalue weighted by Gasteiger charge is -2.31. The van der Waals surface area contributed by atoms with E-state index in [4.69, 9.17) is 0 Å². The Labute approximate surface area is 105 Å². The van der Waals surface area contributed by atoms with E-state index < -0.39 is 0 Å². The molecular formula is C14H25N3. The highest BCUT2D eigenvalue weighted by atomic mass is 15.0. The smallest absolute Gasteiger partial charge is 0.108 e. The number of imidazole rings is 1. The van der Waals surface area contributed by atoms with Crippen LogP contribution < -0.4 is 5.32 Å². The van der Waals surface area contributed by atoms with E-state index in [1.165, 1.54) is 44.5 Å². The predicted molar refractivity (Wildman–Crippen MR) is 70.9 cm³/mol. The largest absolute Gasteiger partial charge is 0.338 e. The van der Waals surface area contributed by atoms with Crippen molar-refractivity contribution in [3.8, 4) is 0 Å². The number of nitrogens with one attached hydrogen (secondary N) is 1. The molecule has 0 bridgehead atoms. The van der Waals surface area contributed by atoms with Gasteiger partial charge in [-0.2, -0.15) is 0 Å². The van der Waals surface area contributed by atoms with E-state index in [0.29, 0.717) is 0 Å². The van der Waals surface area contributed by atoms with Crippen LogP contribution in [0, 0.1) is 11.8 Å². The lowest BCUT2D eigenvalue weighted by Crippen LogP contribution is -2.29. The van der Waals surface area contributed by atoms with Gasteiger partial charge in [0.15, 0.2) is 0 Å². The van der Waals surface area contributed by atoms with Crippen LogP contribution in [-0.4, -0.2) is 23.1 Å². The fourth-order valence-electron chi connectivity index (χ4n) is 3.15. The number of hydrogen-bond donors (Lipinski definition) is 1. The Kier molecular flexibility index (Phi) is 4.60. The first-order valence-electron chi connectivity index (χ1n) is 6.92. The topological polar surface area (TPSA) is 29.9 Å². The van der Waals surface area contributed by atoms with Crippen molar-refractivity contribution >= 4 is 0 Å². The van der Waals surface area contributed by atoms with Gasteiger partial charge in [-0.1, -0.05) is 19.3 Å². The zero-order chi connectivity index (χ0) is 12.1. The Morgan fingerprint density at radius 2 is 2.12 bits per heavy atom. The number of aryl methyl sites for hydroxylation is 2. The van der Waals surface area contributed by atoms with Gasteiger partial charge in [0.2, 0.25) is 0 Å². The summed E-state index contributed by atoms with van der Waals surface area (Å²) in [6, 6.07) is 0. The Bertz CT molecular complexity index is 330. The zero-order valence-corrected chi connectivity index (χ0v) is 11.2. The standard InChI is InChI=1S/C14H25N3/c1-15-11-13-6-4-3-5-12(13)7-8-14-16-9-10-17(14)2/h9-10,12-13,15H,3-8,11H2,1-2H3. The van der Waals surface area contributed by atoms with E-state index in [2.05, 4.69) is 29.0 Å². The molecule has 3 heteroatoms. The van der Waals surface area contributed by atoms with Gasteiger partial charge in [0, 0.05) is 25.9 Å². The predicted octanol–water partition coefficient (Wildman–Crippen LogP) is 2.38. The fraction of sp³-hybridized carbons (Fsp3) is 0.786. The number of aromatic nitrogens is 2. The molecule has 96 valence electrons. The molecule has 0 amide bonds. The summed E-state index contributed by atoms with van der Waals surface area (Å²) >= 11 is 0. The molecule has 3 nitrogen and oxygen atoms in total. The van der Waals surface area contributed by atoms with Gasteiger partial charge >= 0.3 is 0 Å². The molecule has 1 aliphatic rings. The molecule has 2 atom stereocenters. The quantitative estimate of drug-likeness (QED) is 0.849. The minimum Gasteiger partial charge on any atom is -0.338 e. The van der Waals surface area contributed by atoms with Crippen molar-refractivity contribution in [3.05, 3.63) is 18.2 Å². The Balaban J connectivity index is 1.86. The van der Waals surface area contributed by atoms with Crippen LogP contribution >= 0.6 is 0 Å². The van der Waals surface area contributed by atoms with Crippen LogP contribution in [0.15, 0.2) is 12.4 Å². The average Bonchev–Trinajstić information content (AvgIpc) is 2.74. The van der Waals surface area contributed by atoms with Crippen LogP contribution in [0.2, 0.25) is 0 Å². The van der Waals surface area contributed by atoms with Gasteiger partial charge in [-0.3, -0.25) is 0 Å². The second kappa shape index (κ2) is 6.20. The van der Waals surface area contributed by atoms with Gasteiger partial charge < -0.3 is 9.88 Å². The van der Waals surface area contributed by atoms with Crippen molar-refractivity contribution in [2.24, 2.45) is 18.9 Å². The molecule has 2 unspecified atom stereocenters. The molecule has 0 radical (unpaired) electrons. The first-order valence-corrected chi connectivity index (χ1v) is 6.92. The zero-order valence-electron chi connectivity index (χ0n) is 11.2. The van der Waals surface area contributed by atoms with Gasteiger partial charge in [-0.15, -0.1) is 0 Å². The first kappa shape index (κ1) is 12.6. The molecule has 17 heavy (non-hydrogen) atoms. The number of hydrogen-bond acceptors (Lipinski definition) is 2. The maximum absolute atomic E-state index is 4.42. The summed E-state index contributed by atoms with van der Waals surface area (Å²) in [5.74, 6) is 3.01. The minimum absolute atomic E-state index is 0.883. The Morgan fingerprint density at radius 1 is 1.35 bits per heavy atom. The van der Waals surface area contributed by atoms with Crippen molar-refractivity contribution in [2.45, 2.75) is 38.5 Å². The second-order valence-electron chi connectivity index (χ2n) is 5.36. The highest BCUT2D eigenvalue weighted by Crippen LogP contribution is 2.32. The molecule has 1 N–H and O–H groups in total. The van der Waals surface area contributed by atoms with E-state index >= 15 is 0 Å². The first-order chi connectivity index (χ1) is 8.31. The summed E-state index contributed by atoms with van der Waals surface area (Å²) < 4.78 is 2.15. The molecule has 1 heterocycles. The van der Waals surface area contributed by atoms with Crippen LogP contribution in [0.4, 0.5) is 0 Å². The molecule has 2 rings (SSSR count). The summed E-state index contributed by atoms with van der Waals surface area (Å²) in [5, 5.41) is 3.35. The van der Waals surface area contributed by atoms with Gasteiger partial charge in [-0.05, 0) is 38.3 Å². The molecule has 0 saturated heterocycles. The van der Waals surface area contributed by atoms with Crippen molar-refractivity contribution in [1.29, 1.82) is 0 Å². The van der Waals surface area contributed by atoms with E-state index in [9.17, 15) is 0 Å². The average molecular weight is 235 g/mol. The van der Waals surface area contributed by atoms with Crippen molar-refractivity contribution in [2.75, 3.05) is 13.6 Å². The third kappa shape index (κ3) is 3.32. The Hall–Kier alpha value is -0.830. The highest BCUT2D eigenvalue weighted by molar-refractivity contribution is 4.92. The second-order valence-corrected chi connectivity index (χ2v) is 5.36. The van der Waals surface area contributed by atoms with Crippen LogP contribution in [0.5, 0.6) is 0 Å². The van der Waals surface area contributed by atoms with Crippen LogP contribution in [-0.2, 0) is 13.5 Å². The molecule has 1 fully saturated rings. The summed E-state index contributed by atoms with van der Waals surface area (Å²) in [7, 11) is 4.17. The van der Waals surface area contributed by atoms with Crippen molar-refractivity contribution in [1.82, 2.24) is 14.9 Å². The molecular weight excluding hydrogens is 210 g/mol. The third-order valence-electron chi connectivity index (χ3n) is 4.19. The SMILES string of the molecule is CNCC1CCCCC1CCc1nccn1C. The molecule has 0 spiro atoms. The summed E-state index contributed by atoms with van der Waals surface area (Å²) in [5.41, 5.74) is 0. The number of nitrogens with zero attached hydrogens (tertiary/aromatic N) is 2. The van der Waals surface area contributed by atoms with Crippen LogP contribution in [0.1, 0.15) is 37.9 Å². The lowest BCUT2D eigenvalue weighted by molar-refractivity contribution is 0.220. The number of rotatable bonds is 5. The van der Waals surface area contributed by atoms with E-state index in [1.807, 2.05) is 12.4 Å². The van der Waals surface area contributed by atoms with Gasteiger partial charge in [0.1, 0.15) is 5.82 Å². The summed E-state index contributed by atoms with van der Waals surface area (Å²) in [4.78, 5) is 4.42. The van der Waals surface area contributed by atoms with Gasteiger partial charge in [-0.25, -0.2) is 4.98 Å². The van der Waals surface area contributed by atoms with Crippen molar-refractivity contribution in [3.63, 3.8) is 0 Å². The van der Waals surface area contributed by atoms with Gasteiger partial charge in [0.05, 0.1) is 0 Å². The molecule has 0 aliphatic heterocycles. The molecule has 1 aromatic heterocycles. The maximum Gasteiger partial charge on any atom is 0.108 e. The highest BCUT2D eigenvalue weighted by Gasteiger charge is 2.24. The molecule has 1 aromatic rings. The van der Waals surface area contributed by atoms with Crippen LogP contribution in [0.3, 0.4) is 0 Å². The van der Waals surface area contributed by atoms with E-state index in [0.717, 1.165) is 18.3 Å². The van der Waals surface area contributed by atoms with Crippen molar-refractivity contribution < 1.29 is 0 Å². The summed E-state index contributed by atoms with van der Waals surface area (Å²) in [6.45, 7) is 1.19. The molecule has 1 saturated carbocycles. The van der Waals surface area contributed by atoms with E-state index in [-0.39, 0.29) is 0 Å². The van der Waals surface area contributed by atoms with E-state index in [1.54, 1.807) is 0 Å². The lowest BCUT2D eigenvalue weighted by atomic mass is 9.77. The molecule has 0 aromatic carbocycles. The van der Waals surface area contributed by atoms with Crippen LogP contribution in [0.25, 0.3) is 0 Å². The third-order valence-corrected chi connectivity index (χ3v) is 4.19. The minimum atomic E-state index is 0.883. The summed E-state index contributed by atoms with van der Waals surface area (Å²) in [6.07, 6.45) is 12.0. The monoisotopic (exact) mass is 235 g/mol. The van der Waals surface area contributed by atoms with Gasteiger partial charge in [0.25, 0.3) is 0 Å². The maximum atomic E-state index is 4.42. The molecule has 1 aliphatic carbocycles. The Morgan fingerprint density at radius 3 is 2.76 bits per heavy atom. The normalized spacial score (nSPS) is 25.1. The fourth-order valence-corrected chi connectivity index (χ4v) is 3.15.